The van der Waals surface area contributed by atoms with Crippen molar-refractivity contribution in [1.82, 2.24) is 9.97 Å². The summed E-state index contributed by atoms with van der Waals surface area (Å²) in [5.41, 5.74) is 1.21. The van der Waals surface area contributed by atoms with Crippen molar-refractivity contribution < 1.29 is 19.0 Å². The molecule has 0 fully saturated rings. The molecule has 6 nitrogen and oxygen atoms in total. The number of fused-ring (bicyclic) bond motifs is 1. The molecular weight excluding hydrogens is 316 g/mol. The molecule has 0 atom stereocenters. The van der Waals surface area contributed by atoms with Crippen LogP contribution in [0.1, 0.15) is 10.5 Å². The lowest BCUT2D eigenvalue weighted by molar-refractivity contribution is 0.0593. The van der Waals surface area contributed by atoms with E-state index in [1.54, 1.807) is 12.1 Å². The average Bonchev–Trinajstić information content (AvgIpc) is 2.44. The van der Waals surface area contributed by atoms with Crippen LogP contribution in [0.25, 0.3) is 11.0 Å². The molecule has 0 unspecified atom stereocenters. The predicted molar refractivity (Wildman–Crippen MR) is 71.7 cm³/mol. The van der Waals surface area contributed by atoms with Crippen LogP contribution >= 0.6 is 15.9 Å². The summed E-state index contributed by atoms with van der Waals surface area (Å²) in [5.74, 6) is 0.500. The van der Waals surface area contributed by atoms with E-state index in [0.29, 0.717) is 27.1 Å². The zero-order valence-corrected chi connectivity index (χ0v) is 12.1. The SMILES string of the molecule is COC(=O)c1nc2cc(OC)c(OC)cc2nc1Br. The first-order valence-electron chi connectivity index (χ1n) is 5.28. The van der Waals surface area contributed by atoms with Crippen molar-refractivity contribution in [2.24, 2.45) is 0 Å². The largest absolute Gasteiger partial charge is 0.493 e. The van der Waals surface area contributed by atoms with Gasteiger partial charge < -0.3 is 14.2 Å². The molecule has 19 heavy (non-hydrogen) atoms. The second-order valence-electron chi connectivity index (χ2n) is 3.55. The maximum Gasteiger partial charge on any atom is 0.359 e. The number of aromatic nitrogens is 2. The fraction of sp³-hybridized carbons (Fsp3) is 0.250. The number of hydrogen-bond acceptors (Lipinski definition) is 6. The van der Waals surface area contributed by atoms with E-state index in [2.05, 4.69) is 30.6 Å². The highest BCUT2D eigenvalue weighted by Gasteiger charge is 2.16. The monoisotopic (exact) mass is 326 g/mol. The van der Waals surface area contributed by atoms with Gasteiger partial charge in [0.15, 0.2) is 17.2 Å². The van der Waals surface area contributed by atoms with Gasteiger partial charge in [0.25, 0.3) is 0 Å². The average molecular weight is 327 g/mol. The fourth-order valence-corrected chi connectivity index (χ4v) is 2.03. The van der Waals surface area contributed by atoms with Crippen LogP contribution in [0.5, 0.6) is 11.5 Å². The van der Waals surface area contributed by atoms with E-state index in [0.717, 1.165) is 0 Å². The molecule has 100 valence electrons. The molecule has 0 spiro atoms. The third kappa shape index (κ3) is 2.46. The predicted octanol–water partition coefficient (Wildman–Crippen LogP) is 2.20. The zero-order valence-electron chi connectivity index (χ0n) is 10.6. The highest BCUT2D eigenvalue weighted by molar-refractivity contribution is 9.10. The van der Waals surface area contributed by atoms with Crippen molar-refractivity contribution in [3.05, 3.63) is 22.4 Å². The van der Waals surface area contributed by atoms with Crippen molar-refractivity contribution >= 4 is 32.9 Å². The minimum Gasteiger partial charge on any atom is -0.493 e. The van der Waals surface area contributed by atoms with Crippen molar-refractivity contribution in [2.75, 3.05) is 21.3 Å². The number of hydrogen-bond donors (Lipinski definition) is 0. The van der Waals surface area contributed by atoms with Gasteiger partial charge in [-0.05, 0) is 15.9 Å². The van der Waals surface area contributed by atoms with Gasteiger partial charge in [0.1, 0.15) is 4.60 Å². The van der Waals surface area contributed by atoms with Crippen molar-refractivity contribution in [1.29, 1.82) is 0 Å². The van der Waals surface area contributed by atoms with Gasteiger partial charge in [-0.1, -0.05) is 0 Å². The number of nitrogens with zero attached hydrogens (tertiary/aromatic N) is 2. The number of benzene rings is 1. The summed E-state index contributed by atoms with van der Waals surface area (Å²) in [6.07, 6.45) is 0. The maximum atomic E-state index is 11.5. The molecule has 1 heterocycles. The number of carbonyl (C=O) groups excluding carboxylic acids is 1. The highest BCUT2D eigenvalue weighted by Crippen LogP contribution is 2.31. The van der Waals surface area contributed by atoms with Gasteiger partial charge in [-0.3, -0.25) is 0 Å². The molecular formula is C12H11BrN2O4. The Balaban J connectivity index is 2.68. The maximum absolute atomic E-state index is 11.5. The molecule has 0 aliphatic carbocycles. The molecule has 0 N–H and O–H groups in total. The Bertz CT molecular complexity index is 645. The molecule has 0 aliphatic heterocycles. The summed E-state index contributed by atoms with van der Waals surface area (Å²) in [4.78, 5) is 20.0. The van der Waals surface area contributed by atoms with Crippen LogP contribution < -0.4 is 9.47 Å². The van der Waals surface area contributed by atoms with Crippen LogP contribution in [0.3, 0.4) is 0 Å². The Morgan fingerprint density at radius 1 is 1.05 bits per heavy atom. The Morgan fingerprint density at radius 2 is 1.58 bits per heavy atom. The fourth-order valence-electron chi connectivity index (χ4n) is 1.59. The molecule has 2 aromatic rings. The Labute approximate surface area is 117 Å². The second kappa shape index (κ2) is 5.40. The summed E-state index contributed by atoms with van der Waals surface area (Å²) >= 11 is 3.19. The lowest BCUT2D eigenvalue weighted by Crippen LogP contribution is -2.07. The number of esters is 1. The van der Waals surface area contributed by atoms with Crippen LogP contribution in [0.2, 0.25) is 0 Å². The Kier molecular flexibility index (Phi) is 3.84. The van der Waals surface area contributed by atoms with Crippen molar-refractivity contribution in [3.8, 4) is 11.5 Å². The van der Waals surface area contributed by atoms with E-state index in [4.69, 9.17) is 9.47 Å². The van der Waals surface area contributed by atoms with E-state index < -0.39 is 5.97 Å². The van der Waals surface area contributed by atoms with E-state index in [9.17, 15) is 4.79 Å². The van der Waals surface area contributed by atoms with Crippen LogP contribution in [0.15, 0.2) is 16.7 Å². The number of ether oxygens (including phenoxy) is 3. The van der Waals surface area contributed by atoms with Gasteiger partial charge in [0.05, 0.1) is 32.4 Å². The first-order valence-corrected chi connectivity index (χ1v) is 6.07. The zero-order chi connectivity index (χ0) is 14.0. The van der Waals surface area contributed by atoms with Crippen LogP contribution in [-0.2, 0) is 4.74 Å². The summed E-state index contributed by atoms with van der Waals surface area (Å²) in [5, 5.41) is 0. The number of carbonyl (C=O) groups is 1. The molecule has 2 rings (SSSR count). The lowest BCUT2D eigenvalue weighted by Gasteiger charge is -2.09. The van der Waals surface area contributed by atoms with Gasteiger partial charge in [0.2, 0.25) is 0 Å². The van der Waals surface area contributed by atoms with E-state index in [-0.39, 0.29) is 5.69 Å². The summed E-state index contributed by atoms with van der Waals surface area (Å²) in [6.45, 7) is 0. The highest BCUT2D eigenvalue weighted by atomic mass is 79.9. The standard InChI is InChI=1S/C12H11BrN2O4/c1-17-8-4-6-7(5-9(8)18-2)15-11(13)10(14-6)12(16)19-3/h4-5H,1-3H3. The first kappa shape index (κ1) is 13.5. The smallest absolute Gasteiger partial charge is 0.359 e. The summed E-state index contributed by atoms with van der Waals surface area (Å²) < 4.78 is 15.3. The molecule has 0 radical (unpaired) electrons. The molecule has 0 saturated heterocycles. The van der Waals surface area contributed by atoms with E-state index in [1.807, 2.05) is 0 Å². The molecule has 0 amide bonds. The number of rotatable bonds is 3. The number of halogens is 1. The molecule has 1 aromatic carbocycles. The lowest BCUT2D eigenvalue weighted by atomic mass is 10.2. The topological polar surface area (TPSA) is 70.5 Å². The third-order valence-corrected chi connectivity index (χ3v) is 3.06. The van der Waals surface area contributed by atoms with Crippen LogP contribution in [0.4, 0.5) is 0 Å². The van der Waals surface area contributed by atoms with Gasteiger partial charge in [-0.15, -0.1) is 0 Å². The van der Waals surface area contributed by atoms with Crippen molar-refractivity contribution in [2.45, 2.75) is 0 Å². The van der Waals surface area contributed by atoms with E-state index >= 15 is 0 Å². The van der Waals surface area contributed by atoms with Gasteiger partial charge in [-0.25, -0.2) is 14.8 Å². The summed E-state index contributed by atoms with van der Waals surface area (Å²) in [6, 6.07) is 3.34. The Morgan fingerprint density at radius 3 is 2.05 bits per heavy atom. The molecule has 0 bridgehead atoms. The van der Waals surface area contributed by atoms with Gasteiger partial charge in [0, 0.05) is 12.1 Å². The van der Waals surface area contributed by atoms with Crippen LogP contribution in [0, 0.1) is 0 Å². The molecule has 0 saturated carbocycles. The van der Waals surface area contributed by atoms with Crippen molar-refractivity contribution in [3.63, 3.8) is 0 Å². The normalized spacial score (nSPS) is 10.3. The first-order chi connectivity index (χ1) is 9.10. The molecule has 0 aliphatic rings. The number of methoxy groups -OCH3 is 3. The van der Waals surface area contributed by atoms with Gasteiger partial charge in [-0.2, -0.15) is 0 Å². The van der Waals surface area contributed by atoms with Crippen LogP contribution in [-0.4, -0.2) is 37.3 Å². The molecule has 7 heteroatoms. The minimum absolute atomic E-state index is 0.113. The Hall–Kier alpha value is -1.89. The quantitative estimate of drug-likeness (QED) is 0.805. The van der Waals surface area contributed by atoms with Gasteiger partial charge >= 0.3 is 5.97 Å². The summed E-state index contributed by atoms with van der Waals surface area (Å²) in [7, 11) is 4.35. The molecule has 1 aromatic heterocycles. The second-order valence-corrected chi connectivity index (χ2v) is 4.30. The minimum atomic E-state index is -0.559. The third-order valence-electron chi connectivity index (χ3n) is 2.51. The van der Waals surface area contributed by atoms with E-state index in [1.165, 1.54) is 21.3 Å².